The summed E-state index contributed by atoms with van der Waals surface area (Å²) in [5.41, 5.74) is -3.27. The molecule has 1 amide bonds. The number of benzene rings is 1. The van der Waals surface area contributed by atoms with Crippen molar-refractivity contribution in [3.8, 4) is 0 Å². The van der Waals surface area contributed by atoms with Crippen LogP contribution < -0.4 is 5.32 Å². The lowest BCUT2D eigenvalue weighted by atomic mass is 10.0. The molecule has 0 bridgehead atoms. The number of thioether (sulfide) groups is 1. The molecule has 118 valence electrons. The standard InChI is InChI=1S/C12H5F6NOS2/c13-11(14,15)6-1-5(2-7(4-6)12(16,17)18)3-8-9(20)19-10(21)22-8/h1-4H,(H,19,20,21). The quantitative estimate of drug-likeness (QED) is 0.464. The average Bonchev–Trinajstić information content (AvgIpc) is 2.65. The Morgan fingerprint density at radius 1 is 1.00 bits per heavy atom. The van der Waals surface area contributed by atoms with Gasteiger partial charge in [0.25, 0.3) is 5.91 Å². The molecule has 1 aliphatic heterocycles. The Bertz CT molecular complexity index is 645. The van der Waals surface area contributed by atoms with E-state index < -0.39 is 29.4 Å². The molecule has 1 aromatic carbocycles. The summed E-state index contributed by atoms with van der Waals surface area (Å²) in [5, 5.41) is 2.22. The zero-order valence-electron chi connectivity index (χ0n) is 10.3. The SMILES string of the molecule is O=C1NC(=S)SC1=Cc1cc(C(F)(F)F)cc(C(F)(F)F)c1. The van der Waals surface area contributed by atoms with E-state index in [1.165, 1.54) is 0 Å². The first-order valence-electron chi connectivity index (χ1n) is 5.51. The second-order valence-electron chi connectivity index (χ2n) is 4.19. The van der Waals surface area contributed by atoms with Crippen LogP contribution in [0.15, 0.2) is 23.1 Å². The number of nitrogens with one attached hydrogen (secondary N) is 1. The van der Waals surface area contributed by atoms with E-state index in [-0.39, 0.29) is 20.9 Å². The van der Waals surface area contributed by atoms with Gasteiger partial charge >= 0.3 is 12.4 Å². The molecule has 1 aliphatic rings. The average molecular weight is 357 g/mol. The first-order valence-corrected chi connectivity index (χ1v) is 6.73. The van der Waals surface area contributed by atoms with Crippen LogP contribution in [0.4, 0.5) is 26.3 Å². The van der Waals surface area contributed by atoms with Gasteiger partial charge in [-0.1, -0.05) is 24.0 Å². The molecule has 0 spiro atoms. The number of amides is 1. The second kappa shape index (κ2) is 5.58. The molecule has 0 atom stereocenters. The molecule has 0 radical (unpaired) electrons. The van der Waals surface area contributed by atoms with Crippen LogP contribution in [0.2, 0.25) is 0 Å². The van der Waals surface area contributed by atoms with Gasteiger partial charge in [-0.15, -0.1) is 0 Å². The van der Waals surface area contributed by atoms with E-state index in [0.717, 1.165) is 17.8 Å². The first-order chi connectivity index (χ1) is 9.96. The highest BCUT2D eigenvalue weighted by Crippen LogP contribution is 2.37. The molecule has 0 aromatic heterocycles. The van der Waals surface area contributed by atoms with Crippen molar-refractivity contribution in [1.82, 2.24) is 5.32 Å². The minimum Gasteiger partial charge on any atom is -0.307 e. The Morgan fingerprint density at radius 3 is 1.86 bits per heavy atom. The van der Waals surface area contributed by atoms with Crippen molar-refractivity contribution in [2.24, 2.45) is 0 Å². The number of rotatable bonds is 1. The smallest absolute Gasteiger partial charge is 0.307 e. The molecule has 1 saturated heterocycles. The maximum Gasteiger partial charge on any atom is 0.416 e. The largest absolute Gasteiger partial charge is 0.416 e. The van der Waals surface area contributed by atoms with Gasteiger partial charge in [0.05, 0.1) is 16.0 Å². The third-order valence-electron chi connectivity index (χ3n) is 2.55. The Labute approximate surface area is 129 Å². The molecule has 0 unspecified atom stereocenters. The van der Waals surface area contributed by atoms with Gasteiger partial charge in [0.2, 0.25) is 0 Å². The predicted octanol–water partition coefficient (Wildman–Crippen LogP) is 4.21. The summed E-state index contributed by atoms with van der Waals surface area (Å²) in [4.78, 5) is 11.3. The summed E-state index contributed by atoms with van der Waals surface area (Å²) < 4.78 is 76.3. The first kappa shape index (κ1) is 16.8. The van der Waals surface area contributed by atoms with Gasteiger partial charge in [-0.25, -0.2) is 0 Å². The second-order valence-corrected chi connectivity index (χ2v) is 5.91. The van der Waals surface area contributed by atoms with E-state index in [4.69, 9.17) is 0 Å². The van der Waals surface area contributed by atoms with Crippen LogP contribution in [0.3, 0.4) is 0 Å². The highest BCUT2D eigenvalue weighted by Gasteiger charge is 2.37. The van der Waals surface area contributed by atoms with Crippen molar-refractivity contribution in [2.45, 2.75) is 12.4 Å². The van der Waals surface area contributed by atoms with E-state index in [2.05, 4.69) is 17.5 Å². The summed E-state index contributed by atoms with van der Waals surface area (Å²) in [6.45, 7) is 0. The van der Waals surface area contributed by atoms with Crippen LogP contribution in [0.5, 0.6) is 0 Å². The van der Waals surface area contributed by atoms with Crippen LogP contribution in [0.1, 0.15) is 16.7 Å². The van der Waals surface area contributed by atoms with Crippen LogP contribution in [0.25, 0.3) is 6.08 Å². The lowest BCUT2D eigenvalue weighted by molar-refractivity contribution is -0.143. The normalized spacial score (nSPS) is 18.0. The van der Waals surface area contributed by atoms with Crippen molar-refractivity contribution in [3.05, 3.63) is 39.8 Å². The van der Waals surface area contributed by atoms with Crippen LogP contribution in [0, 0.1) is 0 Å². The number of hydrogen-bond donors (Lipinski definition) is 1. The summed E-state index contributed by atoms with van der Waals surface area (Å²) in [6, 6.07) is 1.10. The number of carbonyl (C=O) groups is 1. The van der Waals surface area contributed by atoms with Gasteiger partial charge in [0.1, 0.15) is 4.32 Å². The topological polar surface area (TPSA) is 29.1 Å². The van der Waals surface area contributed by atoms with Crippen molar-refractivity contribution in [1.29, 1.82) is 0 Å². The molecule has 2 nitrogen and oxygen atoms in total. The summed E-state index contributed by atoms with van der Waals surface area (Å²) >= 11 is 5.45. The molecular weight excluding hydrogens is 352 g/mol. The summed E-state index contributed by atoms with van der Waals surface area (Å²) in [5.74, 6) is -0.666. The molecule has 22 heavy (non-hydrogen) atoms. The summed E-state index contributed by atoms with van der Waals surface area (Å²) in [7, 11) is 0. The Kier molecular flexibility index (Phi) is 4.26. The molecule has 2 rings (SSSR count). The lowest BCUT2D eigenvalue weighted by Gasteiger charge is -2.13. The third-order valence-corrected chi connectivity index (χ3v) is 3.71. The number of alkyl halides is 6. The molecule has 1 N–H and O–H groups in total. The van der Waals surface area contributed by atoms with E-state index in [9.17, 15) is 31.1 Å². The van der Waals surface area contributed by atoms with Gasteiger partial charge < -0.3 is 5.32 Å². The minimum atomic E-state index is -4.94. The van der Waals surface area contributed by atoms with Gasteiger partial charge in [0.15, 0.2) is 0 Å². The van der Waals surface area contributed by atoms with E-state index in [1.54, 1.807) is 0 Å². The van der Waals surface area contributed by atoms with Crippen molar-refractivity contribution >= 4 is 40.3 Å². The van der Waals surface area contributed by atoms with Gasteiger partial charge in [0, 0.05) is 0 Å². The Balaban J connectivity index is 2.54. The molecular formula is C12H5F6NOS2. The molecule has 1 fully saturated rings. The number of carbonyl (C=O) groups excluding carboxylic acids is 1. The van der Waals surface area contributed by atoms with Gasteiger partial charge in [-0.3, -0.25) is 4.79 Å². The monoisotopic (exact) mass is 357 g/mol. The van der Waals surface area contributed by atoms with E-state index in [0.29, 0.717) is 12.1 Å². The van der Waals surface area contributed by atoms with Gasteiger partial charge in [-0.2, -0.15) is 26.3 Å². The van der Waals surface area contributed by atoms with Crippen molar-refractivity contribution in [2.75, 3.05) is 0 Å². The number of hydrogen-bond acceptors (Lipinski definition) is 3. The van der Waals surface area contributed by atoms with Crippen LogP contribution in [-0.4, -0.2) is 10.2 Å². The molecule has 1 heterocycles. The Hall–Kier alpha value is -1.55. The fourth-order valence-corrected chi connectivity index (χ4v) is 2.68. The lowest BCUT2D eigenvalue weighted by Crippen LogP contribution is -2.17. The zero-order chi connectivity index (χ0) is 16.7. The van der Waals surface area contributed by atoms with Crippen molar-refractivity contribution in [3.63, 3.8) is 0 Å². The highest BCUT2D eigenvalue weighted by atomic mass is 32.2. The number of thiocarbonyl (C=S) groups is 1. The summed E-state index contributed by atoms with van der Waals surface area (Å²) in [6.07, 6.45) is -8.94. The van der Waals surface area contributed by atoms with Crippen LogP contribution in [-0.2, 0) is 17.1 Å². The number of halogens is 6. The Morgan fingerprint density at radius 2 is 1.50 bits per heavy atom. The predicted molar refractivity (Wildman–Crippen MR) is 72.8 cm³/mol. The molecule has 1 aromatic rings. The van der Waals surface area contributed by atoms with Crippen molar-refractivity contribution < 1.29 is 31.1 Å². The van der Waals surface area contributed by atoms with E-state index >= 15 is 0 Å². The van der Waals surface area contributed by atoms with E-state index in [1.807, 2.05) is 0 Å². The van der Waals surface area contributed by atoms with Gasteiger partial charge in [-0.05, 0) is 29.8 Å². The maximum absolute atomic E-state index is 12.7. The molecule has 10 heteroatoms. The third kappa shape index (κ3) is 3.80. The minimum absolute atomic E-state index is 0.0223. The van der Waals surface area contributed by atoms with Crippen LogP contribution >= 0.6 is 24.0 Å². The molecule has 0 aliphatic carbocycles. The molecule has 0 saturated carbocycles. The zero-order valence-corrected chi connectivity index (χ0v) is 11.9. The fourth-order valence-electron chi connectivity index (χ4n) is 1.63. The maximum atomic E-state index is 12.7. The highest BCUT2D eigenvalue weighted by molar-refractivity contribution is 8.26. The fraction of sp³-hybridized carbons (Fsp3) is 0.167.